The standard InChI is InChI=1S/C13H12NO2/c1-2-4-10-8(3-1)9-5-12-13(16-7-15-12)6-11(9)14-10/h1,5-6,14H,2-4,7H2. The first-order valence-corrected chi connectivity index (χ1v) is 5.66. The fraction of sp³-hybridized carbons (Fsp3) is 0.308. The Hall–Kier alpha value is -1.64. The van der Waals surface area contributed by atoms with Crippen molar-refractivity contribution in [1.82, 2.24) is 4.98 Å². The molecule has 3 heteroatoms. The quantitative estimate of drug-likeness (QED) is 0.731. The third kappa shape index (κ3) is 1.03. The lowest BCUT2D eigenvalue weighted by atomic mass is 9.95. The fourth-order valence-corrected chi connectivity index (χ4v) is 2.63. The molecule has 2 aromatic rings. The number of nitrogens with one attached hydrogen (secondary N) is 1. The van der Waals surface area contributed by atoms with Crippen LogP contribution in [0.15, 0.2) is 12.1 Å². The fourth-order valence-electron chi connectivity index (χ4n) is 2.63. The van der Waals surface area contributed by atoms with Crippen molar-refractivity contribution in [2.24, 2.45) is 0 Å². The van der Waals surface area contributed by atoms with Crippen LogP contribution in [0.3, 0.4) is 0 Å². The van der Waals surface area contributed by atoms with Gasteiger partial charge in [-0.05, 0) is 37.3 Å². The molecule has 1 N–H and O–H groups in total. The van der Waals surface area contributed by atoms with Crippen molar-refractivity contribution in [3.05, 3.63) is 29.8 Å². The first-order chi connectivity index (χ1) is 7.92. The maximum absolute atomic E-state index is 5.42. The van der Waals surface area contributed by atoms with Crippen molar-refractivity contribution >= 4 is 10.9 Å². The Kier molecular flexibility index (Phi) is 1.56. The highest BCUT2D eigenvalue weighted by atomic mass is 16.7. The van der Waals surface area contributed by atoms with Crippen LogP contribution in [0.5, 0.6) is 11.5 Å². The summed E-state index contributed by atoms with van der Waals surface area (Å²) in [5.74, 6) is 1.73. The summed E-state index contributed by atoms with van der Waals surface area (Å²) < 4.78 is 10.8. The molecule has 2 aliphatic rings. The van der Waals surface area contributed by atoms with E-state index in [1.54, 1.807) is 0 Å². The van der Waals surface area contributed by atoms with Crippen molar-refractivity contribution in [2.75, 3.05) is 6.79 Å². The average molecular weight is 214 g/mol. The van der Waals surface area contributed by atoms with Gasteiger partial charge in [-0.15, -0.1) is 0 Å². The van der Waals surface area contributed by atoms with Gasteiger partial charge in [0.15, 0.2) is 11.5 Å². The molecule has 0 fully saturated rings. The number of aromatic amines is 1. The second-order valence-electron chi connectivity index (χ2n) is 4.36. The summed E-state index contributed by atoms with van der Waals surface area (Å²) in [5.41, 5.74) is 3.98. The normalized spacial score (nSPS) is 17.8. The van der Waals surface area contributed by atoms with Crippen molar-refractivity contribution in [2.45, 2.75) is 19.3 Å². The van der Waals surface area contributed by atoms with Gasteiger partial charge in [0.1, 0.15) is 0 Å². The molecular weight excluding hydrogens is 202 g/mol. The van der Waals surface area contributed by atoms with Gasteiger partial charge in [-0.3, -0.25) is 0 Å². The van der Waals surface area contributed by atoms with E-state index < -0.39 is 0 Å². The van der Waals surface area contributed by atoms with Crippen LogP contribution in [-0.4, -0.2) is 11.8 Å². The summed E-state index contributed by atoms with van der Waals surface area (Å²) in [4.78, 5) is 3.49. The Morgan fingerprint density at radius 3 is 2.94 bits per heavy atom. The van der Waals surface area contributed by atoms with Crippen LogP contribution in [0, 0.1) is 6.42 Å². The molecule has 0 atom stereocenters. The van der Waals surface area contributed by atoms with E-state index in [1.165, 1.54) is 28.6 Å². The minimum absolute atomic E-state index is 0.344. The predicted molar refractivity (Wildman–Crippen MR) is 60.7 cm³/mol. The molecule has 81 valence electrons. The van der Waals surface area contributed by atoms with Gasteiger partial charge in [0.05, 0.1) is 0 Å². The monoisotopic (exact) mass is 214 g/mol. The average Bonchev–Trinajstić information content (AvgIpc) is 2.88. The highest BCUT2D eigenvalue weighted by Crippen LogP contribution is 2.39. The number of hydrogen-bond acceptors (Lipinski definition) is 2. The third-order valence-corrected chi connectivity index (χ3v) is 3.43. The molecule has 0 saturated heterocycles. The summed E-state index contributed by atoms with van der Waals surface area (Å²) >= 11 is 0. The van der Waals surface area contributed by atoms with E-state index in [1.807, 2.05) is 0 Å². The molecule has 16 heavy (non-hydrogen) atoms. The van der Waals surface area contributed by atoms with Crippen LogP contribution < -0.4 is 9.47 Å². The van der Waals surface area contributed by atoms with E-state index in [0.29, 0.717) is 6.79 Å². The van der Waals surface area contributed by atoms with Crippen LogP contribution in [-0.2, 0) is 12.8 Å². The van der Waals surface area contributed by atoms with Crippen molar-refractivity contribution in [1.29, 1.82) is 0 Å². The van der Waals surface area contributed by atoms with Crippen molar-refractivity contribution < 1.29 is 9.47 Å². The van der Waals surface area contributed by atoms with E-state index in [2.05, 4.69) is 23.5 Å². The van der Waals surface area contributed by atoms with Crippen LogP contribution in [0.4, 0.5) is 0 Å². The lowest BCUT2D eigenvalue weighted by Gasteiger charge is -2.09. The topological polar surface area (TPSA) is 34.2 Å². The number of hydrogen-bond donors (Lipinski definition) is 1. The molecule has 0 bridgehead atoms. The van der Waals surface area contributed by atoms with Crippen LogP contribution in [0.25, 0.3) is 10.9 Å². The molecule has 1 aromatic carbocycles. The smallest absolute Gasteiger partial charge is 0.231 e. The second-order valence-corrected chi connectivity index (χ2v) is 4.36. The number of fused-ring (bicyclic) bond motifs is 4. The van der Waals surface area contributed by atoms with Gasteiger partial charge in [0.2, 0.25) is 6.79 Å². The molecule has 2 heterocycles. The minimum Gasteiger partial charge on any atom is -0.454 e. The van der Waals surface area contributed by atoms with Gasteiger partial charge in [-0.1, -0.05) is 0 Å². The zero-order valence-electron chi connectivity index (χ0n) is 8.88. The molecule has 1 aromatic heterocycles. The summed E-state index contributed by atoms with van der Waals surface area (Å²) in [5, 5.41) is 1.29. The van der Waals surface area contributed by atoms with Gasteiger partial charge in [0, 0.05) is 22.7 Å². The summed E-state index contributed by atoms with van der Waals surface area (Å²) in [7, 11) is 0. The Balaban J connectivity index is 2.02. The molecule has 0 unspecified atom stereocenters. The first kappa shape index (κ1) is 8.50. The molecule has 0 amide bonds. The molecule has 0 saturated carbocycles. The number of H-pyrrole nitrogens is 1. The largest absolute Gasteiger partial charge is 0.454 e. The third-order valence-electron chi connectivity index (χ3n) is 3.43. The SMILES string of the molecule is [CH]1CCc2[nH]c3cc4c(cc3c2C1)OCO4. The number of rotatable bonds is 0. The lowest BCUT2D eigenvalue weighted by Crippen LogP contribution is -2.00. The predicted octanol–water partition coefficient (Wildman–Crippen LogP) is 2.59. The molecule has 1 aliphatic carbocycles. The molecule has 0 spiro atoms. The van der Waals surface area contributed by atoms with E-state index in [0.717, 1.165) is 24.3 Å². The zero-order chi connectivity index (χ0) is 10.5. The Labute approximate surface area is 93.4 Å². The molecular formula is C13H12NO2. The highest BCUT2D eigenvalue weighted by Gasteiger charge is 2.20. The van der Waals surface area contributed by atoms with E-state index in [-0.39, 0.29) is 0 Å². The summed E-state index contributed by atoms with van der Waals surface area (Å²) in [6, 6.07) is 4.15. The lowest BCUT2D eigenvalue weighted by molar-refractivity contribution is 0.174. The van der Waals surface area contributed by atoms with Crippen LogP contribution >= 0.6 is 0 Å². The number of aromatic nitrogens is 1. The summed E-state index contributed by atoms with van der Waals surface area (Å²) in [6.45, 7) is 0.344. The molecule has 3 nitrogen and oxygen atoms in total. The number of ether oxygens (including phenoxy) is 2. The Morgan fingerprint density at radius 1 is 1.12 bits per heavy atom. The zero-order valence-corrected chi connectivity index (χ0v) is 8.88. The van der Waals surface area contributed by atoms with Crippen molar-refractivity contribution in [3.63, 3.8) is 0 Å². The second kappa shape index (κ2) is 2.94. The van der Waals surface area contributed by atoms with Gasteiger partial charge in [-0.2, -0.15) is 0 Å². The minimum atomic E-state index is 0.344. The van der Waals surface area contributed by atoms with E-state index in [4.69, 9.17) is 9.47 Å². The molecule has 1 radical (unpaired) electrons. The Bertz CT molecular complexity index is 571. The van der Waals surface area contributed by atoms with Crippen LogP contribution in [0.2, 0.25) is 0 Å². The van der Waals surface area contributed by atoms with Gasteiger partial charge < -0.3 is 14.5 Å². The summed E-state index contributed by atoms with van der Waals surface area (Å²) in [6.07, 6.45) is 5.71. The highest BCUT2D eigenvalue weighted by molar-refractivity contribution is 5.88. The van der Waals surface area contributed by atoms with Gasteiger partial charge >= 0.3 is 0 Å². The maximum Gasteiger partial charge on any atom is 0.231 e. The number of aryl methyl sites for hydroxylation is 1. The first-order valence-electron chi connectivity index (χ1n) is 5.66. The van der Waals surface area contributed by atoms with E-state index >= 15 is 0 Å². The Morgan fingerprint density at radius 2 is 2.00 bits per heavy atom. The van der Waals surface area contributed by atoms with Gasteiger partial charge in [0.25, 0.3) is 0 Å². The molecule has 1 aliphatic heterocycles. The van der Waals surface area contributed by atoms with E-state index in [9.17, 15) is 0 Å². The van der Waals surface area contributed by atoms with Crippen LogP contribution in [0.1, 0.15) is 17.7 Å². The maximum atomic E-state index is 5.42. The molecule has 4 rings (SSSR count). The van der Waals surface area contributed by atoms with Crippen molar-refractivity contribution in [3.8, 4) is 11.5 Å². The van der Waals surface area contributed by atoms with Gasteiger partial charge in [-0.25, -0.2) is 0 Å². The number of benzene rings is 1.